The highest BCUT2D eigenvalue weighted by molar-refractivity contribution is 7.80. The number of nitrogens with one attached hydrogen (secondary N) is 2. The van der Waals surface area contributed by atoms with Crippen LogP contribution in [0.15, 0.2) is 42.5 Å². The number of amides is 1. The average Bonchev–Trinajstić information content (AvgIpc) is 3.31. The molecule has 31 heavy (non-hydrogen) atoms. The van der Waals surface area contributed by atoms with Crippen molar-refractivity contribution < 1.29 is 9.72 Å². The van der Waals surface area contributed by atoms with Gasteiger partial charge in [-0.3, -0.25) is 20.2 Å². The van der Waals surface area contributed by atoms with Crippen LogP contribution in [0.2, 0.25) is 0 Å². The minimum atomic E-state index is -0.559. The number of rotatable bonds is 4. The van der Waals surface area contributed by atoms with Crippen LogP contribution in [0.25, 0.3) is 15.5 Å². The molecule has 4 aromatic rings. The molecule has 0 fully saturated rings. The number of carbonyl (C=O) groups excluding carboxylic acids is 1. The van der Waals surface area contributed by atoms with Crippen molar-refractivity contribution in [3.8, 4) is 10.6 Å². The average molecular weight is 454 g/mol. The van der Waals surface area contributed by atoms with E-state index in [1.54, 1.807) is 4.52 Å². The summed E-state index contributed by atoms with van der Waals surface area (Å²) >= 11 is 6.66. The maximum absolute atomic E-state index is 12.3. The van der Waals surface area contributed by atoms with Gasteiger partial charge in [-0.15, -0.1) is 10.2 Å². The van der Waals surface area contributed by atoms with E-state index < -0.39 is 10.8 Å². The van der Waals surface area contributed by atoms with Crippen molar-refractivity contribution in [2.24, 2.45) is 0 Å². The van der Waals surface area contributed by atoms with E-state index in [0.29, 0.717) is 5.69 Å². The third kappa shape index (κ3) is 4.25. The zero-order chi connectivity index (χ0) is 22.1. The van der Waals surface area contributed by atoms with E-state index in [4.69, 9.17) is 12.2 Å². The second-order valence-electron chi connectivity index (χ2n) is 6.59. The molecule has 0 radical (unpaired) electrons. The summed E-state index contributed by atoms with van der Waals surface area (Å²) in [6, 6.07) is 11.1. The van der Waals surface area contributed by atoms with Gasteiger partial charge in [0.2, 0.25) is 4.96 Å². The molecule has 2 N–H and O–H groups in total. The van der Waals surface area contributed by atoms with Crippen LogP contribution >= 0.6 is 23.6 Å². The quantitative estimate of drug-likeness (QED) is 0.273. The van der Waals surface area contributed by atoms with Gasteiger partial charge in [-0.05, 0) is 55.9 Å². The molecule has 0 atom stereocenters. The number of nitrogens with zero attached hydrogens (tertiary/aromatic N) is 5. The molecule has 0 saturated carbocycles. The standard InChI is InChI=1S/C19H15N7O3S2/c1-10-8-13(17-24-25-11(2)22-23-19(25)31-17)6-7-15(10)20-18(30)21-16(27)12-4-3-5-14(9-12)26(28)29/h3-9H,1-2H3,(H2,20,21,27,30). The smallest absolute Gasteiger partial charge is 0.270 e. The van der Waals surface area contributed by atoms with E-state index in [-0.39, 0.29) is 16.4 Å². The maximum Gasteiger partial charge on any atom is 0.270 e. The lowest BCUT2D eigenvalue weighted by Gasteiger charge is -2.12. The van der Waals surface area contributed by atoms with Gasteiger partial charge in [0.05, 0.1) is 4.92 Å². The zero-order valence-electron chi connectivity index (χ0n) is 16.3. The first-order valence-electron chi connectivity index (χ1n) is 8.98. The number of nitro benzene ring substituents is 1. The van der Waals surface area contributed by atoms with Gasteiger partial charge in [-0.2, -0.15) is 9.61 Å². The van der Waals surface area contributed by atoms with Gasteiger partial charge in [0.15, 0.2) is 10.9 Å². The minimum Gasteiger partial charge on any atom is -0.332 e. The van der Waals surface area contributed by atoms with Crippen LogP contribution in [-0.2, 0) is 0 Å². The summed E-state index contributed by atoms with van der Waals surface area (Å²) in [7, 11) is 0. The molecule has 2 heterocycles. The topological polar surface area (TPSA) is 127 Å². The van der Waals surface area contributed by atoms with E-state index in [1.807, 2.05) is 32.0 Å². The molecule has 12 heteroatoms. The van der Waals surface area contributed by atoms with Gasteiger partial charge in [0.25, 0.3) is 11.6 Å². The summed E-state index contributed by atoms with van der Waals surface area (Å²) in [4.78, 5) is 23.4. The van der Waals surface area contributed by atoms with Crippen LogP contribution in [-0.4, -0.2) is 35.8 Å². The Labute approximate surface area is 185 Å². The summed E-state index contributed by atoms with van der Waals surface area (Å²) in [5.74, 6) is 0.183. The van der Waals surface area contributed by atoms with E-state index in [0.717, 1.165) is 26.9 Å². The van der Waals surface area contributed by atoms with Crippen LogP contribution in [0, 0.1) is 24.0 Å². The van der Waals surface area contributed by atoms with Crippen molar-refractivity contribution in [2.75, 3.05) is 5.32 Å². The highest BCUT2D eigenvalue weighted by Gasteiger charge is 2.14. The molecule has 0 aliphatic rings. The van der Waals surface area contributed by atoms with Gasteiger partial charge >= 0.3 is 0 Å². The first kappa shape index (κ1) is 20.5. The largest absolute Gasteiger partial charge is 0.332 e. The van der Waals surface area contributed by atoms with Crippen molar-refractivity contribution in [2.45, 2.75) is 13.8 Å². The Balaban J connectivity index is 1.46. The third-order valence-corrected chi connectivity index (χ3v) is 5.57. The van der Waals surface area contributed by atoms with Gasteiger partial charge in [-0.25, -0.2) is 0 Å². The molecule has 10 nitrogen and oxygen atoms in total. The van der Waals surface area contributed by atoms with Gasteiger partial charge < -0.3 is 5.32 Å². The minimum absolute atomic E-state index is 0.0850. The maximum atomic E-state index is 12.3. The Kier molecular flexibility index (Phi) is 5.40. The molecule has 156 valence electrons. The molecule has 2 aromatic heterocycles. The molecule has 0 unspecified atom stereocenters. The van der Waals surface area contributed by atoms with Gasteiger partial charge in [-0.1, -0.05) is 17.4 Å². The van der Waals surface area contributed by atoms with Crippen molar-refractivity contribution >= 4 is 50.9 Å². The van der Waals surface area contributed by atoms with Gasteiger partial charge in [0.1, 0.15) is 5.01 Å². The van der Waals surface area contributed by atoms with E-state index in [2.05, 4.69) is 25.9 Å². The number of thiocarbonyl (C=S) groups is 1. The summed E-state index contributed by atoms with van der Waals surface area (Å²) in [5, 5.41) is 29.9. The van der Waals surface area contributed by atoms with E-state index in [1.165, 1.54) is 35.6 Å². The van der Waals surface area contributed by atoms with Crippen LogP contribution in [0.5, 0.6) is 0 Å². The number of nitro groups is 1. The van der Waals surface area contributed by atoms with E-state index in [9.17, 15) is 14.9 Å². The first-order valence-corrected chi connectivity index (χ1v) is 10.2. The first-order chi connectivity index (χ1) is 14.8. The Bertz CT molecular complexity index is 1350. The lowest BCUT2D eigenvalue weighted by molar-refractivity contribution is -0.384. The molecule has 0 spiro atoms. The van der Waals surface area contributed by atoms with E-state index >= 15 is 0 Å². The number of fused-ring (bicyclic) bond motifs is 1. The number of anilines is 1. The second kappa shape index (κ2) is 8.16. The van der Waals surface area contributed by atoms with Crippen molar-refractivity contribution in [3.63, 3.8) is 0 Å². The number of hydrogen-bond acceptors (Lipinski definition) is 8. The fraction of sp³-hybridized carbons (Fsp3) is 0.105. The molecule has 0 bridgehead atoms. The highest BCUT2D eigenvalue weighted by atomic mass is 32.1. The third-order valence-electron chi connectivity index (χ3n) is 4.41. The number of benzene rings is 2. The van der Waals surface area contributed by atoms with Crippen LogP contribution in [0.4, 0.5) is 11.4 Å². The number of aromatic nitrogens is 4. The Morgan fingerprint density at radius 1 is 1.19 bits per heavy atom. The Morgan fingerprint density at radius 2 is 2.00 bits per heavy atom. The van der Waals surface area contributed by atoms with Crippen molar-refractivity contribution in [1.29, 1.82) is 0 Å². The van der Waals surface area contributed by atoms with Crippen LogP contribution in [0.3, 0.4) is 0 Å². The molecule has 4 rings (SSSR count). The van der Waals surface area contributed by atoms with Crippen LogP contribution < -0.4 is 10.6 Å². The fourth-order valence-electron chi connectivity index (χ4n) is 2.86. The number of non-ortho nitro benzene ring substituents is 1. The summed E-state index contributed by atoms with van der Waals surface area (Å²) < 4.78 is 1.69. The zero-order valence-corrected chi connectivity index (χ0v) is 18.0. The summed E-state index contributed by atoms with van der Waals surface area (Å²) in [6.07, 6.45) is 0. The SMILES string of the molecule is Cc1cc(-c2nn3c(C)nnc3s2)ccc1NC(=S)NC(=O)c1cccc([N+](=O)[O-])c1. The Morgan fingerprint density at radius 3 is 2.71 bits per heavy atom. The number of aryl methyl sites for hydroxylation is 2. The fourth-order valence-corrected chi connectivity index (χ4v) is 3.94. The highest BCUT2D eigenvalue weighted by Crippen LogP contribution is 2.28. The molecule has 2 aromatic carbocycles. The molecule has 0 aliphatic carbocycles. The summed E-state index contributed by atoms with van der Waals surface area (Å²) in [6.45, 7) is 3.74. The lowest BCUT2D eigenvalue weighted by atomic mass is 10.1. The monoisotopic (exact) mass is 453 g/mol. The van der Waals surface area contributed by atoms with Crippen LogP contribution in [0.1, 0.15) is 21.7 Å². The lowest BCUT2D eigenvalue weighted by Crippen LogP contribution is -2.34. The summed E-state index contributed by atoms with van der Waals surface area (Å²) in [5.41, 5.74) is 2.51. The van der Waals surface area contributed by atoms with Gasteiger partial charge in [0, 0.05) is 28.9 Å². The predicted molar refractivity (Wildman–Crippen MR) is 120 cm³/mol. The molecule has 0 aliphatic heterocycles. The molecular formula is C19H15N7O3S2. The van der Waals surface area contributed by atoms with Crippen molar-refractivity contribution in [3.05, 3.63) is 69.5 Å². The van der Waals surface area contributed by atoms with Crippen molar-refractivity contribution in [1.82, 2.24) is 25.1 Å². The number of carbonyl (C=O) groups is 1. The second-order valence-corrected chi connectivity index (χ2v) is 7.96. The molecule has 0 saturated heterocycles. The normalized spacial score (nSPS) is 10.8. The predicted octanol–water partition coefficient (Wildman–Crippen LogP) is 3.50. The molecule has 1 amide bonds. The Hall–Kier alpha value is -3.77. The number of hydrogen-bond donors (Lipinski definition) is 2. The molecular weight excluding hydrogens is 438 g/mol.